The van der Waals surface area contributed by atoms with Crippen LogP contribution in [-0.2, 0) is 11.2 Å². The summed E-state index contributed by atoms with van der Waals surface area (Å²) in [6.07, 6.45) is 4.29. The van der Waals surface area contributed by atoms with Gasteiger partial charge in [0.25, 0.3) is 5.56 Å². The number of morpholine rings is 1. The lowest BCUT2D eigenvalue weighted by atomic mass is 10.1. The molecule has 0 aliphatic carbocycles. The van der Waals surface area contributed by atoms with Crippen molar-refractivity contribution in [3.05, 3.63) is 62.6 Å². The summed E-state index contributed by atoms with van der Waals surface area (Å²) in [6, 6.07) is 11.6. The van der Waals surface area contributed by atoms with Gasteiger partial charge in [0.2, 0.25) is 0 Å². The molecule has 4 rings (SSSR count). The van der Waals surface area contributed by atoms with Crippen molar-refractivity contribution in [3.8, 4) is 5.75 Å². The average molecular weight is 499 g/mol. The lowest BCUT2D eigenvalue weighted by molar-refractivity contribution is 0.122. The molecule has 1 aliphatic rings. The first-order valence-corrected chi connectivity index (χ1v) is 11.7. The van der Waals surface area contributed by atoms with Gasteiger partial charge in [-0.3, -0.25) is 4.79 Å². The molecule has 0 unspecified atom stereocenters. The molecule has 0 spiro atoms. The number of hydrogen-bond acceptors (Lipinski definition) is 6. The van der Waals surface area contributed by atoms with Gasteiger partial charge >= 0.3 is 0 Å². The van der Waals surface area contributed by atoms with Gasteiger partial charge in [0, 0.05) is 41.3 Å². The third-order valence-corrected chi connectivity index (χ3v) is 6.03. The summed E-state index contributed by atoms with van der Waals surface area (Å²) in [4.78, 5) is 20.2. The number of unbranched alkanes of at least 4 members (excludes halogenated alkanes) is 1. The first-order chi connectivity index (χ1) is 15.6. The highest BCUT2D eigenvalue weighted by Gasteiger charge is 2.14. The van der Waals surface area contributed by atoms with Crippen LogP contribution < -0.4 is 15.2 Å². The van der Waals surface area contributed by atoms with Crippen LogP contribution in [-0.4, -0.2) is 49.3 Å². The van der Waals surface area contributed by atoms with Gasteiger partial charge in [-0.25, -0.2) is 4.98 Å². The van der Waals surface area contributed by atoms with Gasteiger partial charge in [0.05, 0.1) is 37.4 Å². The van der Waals surface area contributed by atoms with Crippen molar-refractivity contribution in [1.82, 2.24) is 9.66 Å². The van der Waals surface area contributed by atoms with Crippen LogP contribution in [0.3, 0.4) is 0 Å². The van der Waals surface area contributed by atoms with E-state index in [-0.39, 0.29) is 5.56 Å². The molecule has 3 aromatic rings. The van der Waals surface area contributed by atoms with Crippen LogP contribution in [0.4, 0.5) is 5.69 Å². The van der Waals surface area contributed by atoms with E-state index in [0.717, 1.165) is 54.9 Å². The Bertz CT molecular complexity index is 1190. The van der Waals surface area contributed by atoms with Crippen LogP contribution in [0.2, 0.25) is 0 Å². The van der Waals surface area contributed by atoms with Crippen LogP contribution in [0.25, 0.3) is 10.9 Å². The van der Waals surface area contributed by atoms with Crippen molar-refractivity contribution in [2.24, 2.45) is 5.10 Å². The first kappa shape index (κ1) is 22.5. The van der Waals surface area contributed by atoms with Crippen molar-refractivity contribution >= 4 is 38.7 Å². The van der Waals surface area contributed by atoms with E-state index in [9.17, 15) is 4.79 Å². The number of nitrogens with zero attached hydrogens (tertiary/aromatic N) is 4. The van der Waals surface area contributed by atoms with Crippen molar-refractivity contribution in [3.63, 3.8) is 0 Å². The molecule has 0 saturated carbocycles. The van der Waals surface area contributed by atoms with Crippen molar-refractivity contribution < 1.29 is 9.47 Å². The van der Waals surface area contributed by atoms with E-state index >= 15 is 0 Å². The highest BCUT2D eigenvalue weighted by Crippen LogP contribution is 2.25. The van der Waals surface area contributed by atoms with Gasteiger partial charge in [0.1, 0.15) is 11.6 Å². The molecule has 7 nitrogen and oxygen atoms in total. The molecule has 2 aromatic carbocycles. The van der Waals surface area contributed by atoms with Crippen LogP contribution in [0.1, 0.15) is 31.2 Å². The van der Waals surface area contributed by atoms with E-state index in [0.29, 0.717) is 28.9 Å². The second-order valence-corrected chi connectivity index (χ2v) is 8.60. The smallest absolute Gasteiger partial charge is 0.282 e. The zero-order valence-electron chi connectivity index (χ0n) is 18.4. The molecule has 1 aromatic heterocycles. The number of hydrogen-bond donors (Lipinski definition) is 0. The number of benzene rings is 2. The normalized spacial score (nSPS) is 14.4. The minimum Gasteiger partial charge on any atom is -0.496 e. The molecule has 0 bridgehead atoms. The lowest BCUT2D eigenvalue weighted by Crippen LogP contribution is -2.36. The predicted octanol–water partition coefficient (Wildman–Crippen LogP) is 4.23. The maximum Gasteiger partial charge on any atom is 0.282 e. The second kappa shape index (κ2) is 10.3. The molecule has 168 valence electrons. The van der Waals surface area contributed by atoms with Crippen LogP contribution in [0.15, 0.2) is 50.8 Å². The molecular weight excluding hydrogens is 472 g/mol. The summed E-state index contributed by atoms with van der Waals surface area (Å²) >= 11 is 3.44. The Morgan fingerprint density at radius 1 is 1.22 bits per heavy atom. The Kier molecular flexibility index (Phi) is 7.22. The molecule has 2 heterocycles. The molecule has 0 radical (unpaired) electrons. The van der Waals surface area contributed by atoms with Crippen molar-refractivity contribution in [2.75, 3.05) is 38.3 Å². The highest BCUT2D eigenvalue weighted by molar-refractivity contribution is 9.10. The largest absolute Gasteiger partial charge is 0.496 e. The van der Waals surface area contributed by atoms with Gasteiger partial charge in [-0.15, -0.1) is 0 Å². The summed E-state index contributed by atoms with van der Waals surface area (Å²) in [5.74, 6) is 1.37. The van der Waals surface area contributed by atoms with E-state index < -0.39 is 0 Å². The SMILES string of the molecule is CCCCc1nc2ccc(Br)cc2c(=O)n1N=Cc1ccc(N2CCOCC2)cc1OC. The molecule has 1 aliphatic heterocycles. The monoisotopic (exact) mass is 498 g/mol. The number of rotatable bonds is 7. The standard InChI is InChI=1S/C24H27BrN4O3/c1-3-4-5-23-27-21-9-7-18(25)14-20(21)24(30)29(23)26-16-17-6-8-19(15-22(17)31-2)28-10-12-32-13-11-28/h6-9,14-16H,3-5,10-13H2,1-2H3. The quantitative estimate of drug-likeness (QED) is 0.456. The summed E-state index contributed by atoms with van der Waals surface area (Å²) in [5, 5.41) is 5.08. The van der Waals surface area contributed by atoms with Crippen molar-refractivity contribution in [1.29, 1.82) is 0 Å². The number of aryl methyl sites for hydroxylation is 1. The molecule has 8 heteroatoms. The molecule has 1 saturated heterocycles. The molecule has 0 atom stereocenters. The zero-order valence-corrected chi connectivity index (χ0v) is 20.0. The number of fused-ring (bicyclic) bond motifs is 1. The Balaban J connectivity index is 1.72. The second-order valence-electron chi connectivity index (χ2n) is 7.68. The Morgan fingerprint density at radius 3 is 2.78 bits per heavy atom. The van der Waals surface area contributed by atoms with E-state index in [1.54, 1.807) is 19.4 Å². The van der Waals surface area contributed by atoms with Crippen LogP contribution in [0.5, 0.6) is 5.75 Å². The van der Waals surface area contributed by atoms with Gasteiger partial charge in [-0.2, -0.15) is 9.78 Å². The summed E-state index contributed by atoms with van der Waals surface area (Å²) < 4.78 is 13.3. The number of anilines is 1. The summed E-state index contributed by atoms with van der Waals surface area (Å²) in [7, 11) is 1.64. The Hall–Kier alpha value is -2.71. The third-order valence-electron chi connectivity index (χ3n) is 5.53. The fourth-order valence-corrected chi connectivity index (χ4v) is 4.12. The predicted molar refractivity (Wildman–Crippen MR) is 131 cm³/mol. The average Bonchev–Trinajstić information content (AvgIpc) is 2.83. The van der Waals surface area contributed by atoms with Gasteiger partial charge in [-0.1, -0.05) is 29.3 Å². The van der Waals surface area contributed by atoms with Crippen LogP contribution in [0, 0.1) is 0 Å². The summed E-state index contributed by atoms with van der Waals surface area (Å²) in [6.45, 7) is 5.26. The molecule has 1 fully saturated rings. The van der Waals surface area contributed by atoms with Gasteiger partial charge < -0.3 is 14.4 Å². The van der Waals surface area contributed by atoms with Crippen LogP contribution >= 0.6 is 15.9 Å². The Labute approximate surface area is 195 Å². The molecule has 0 N–H and O–H groups in total. The van der Waals surface area contributed by atoms with E-state index in [1.807, 2.05) is 30.3 Å². The van der Waals surface area contributed by atoms with E-state index in [2.05, 4.69) is 32.9 Å². The maximum absolute atomic E-state index is 13.2. The van der Waals surface area contributed by atoms with E-state index in [4.69, 9.17) is 14.5 Å². The minimum absolute atomic E-state index is 0.178. The summed E-state index contributed by atoms with van der Waals surface area (Å²) in [5.41, 5.74) is 2.39. The van der Waals surface area contributed by atoms with Gasteiger partial charge in [-0.05, 0) is 36.8 Å². The minimum atomic E-state index is -0.178. The number of halogens is 1. The number of aromatic nitrogens is 2. The fraction of sp³-hybridized carbons (Fsp3) is 0.375. The lowest BCUT2D eigenvalue weighted by Gasteiger charge is -2.29. The molecular formula is C24H27BrN4O3. The first-order valence-electron chi connectivity index (χ1n) is 10.9. The molecule has 32 heavy (non-hydrogen) atoms. The third kappa shape index (κ3) is 4.86. The Morgan fingerprint density at radius 2 is 2.03 bits per heavy atom. The zero-order chi connectivity index (χ0) is 22.5. The van der Waals surface area contributed by atoms with E-state index in [1.165, 1.54) is 4.68 Å². The van der Waals surface area contributed by atoms with Crippen molar-refractivity contribution in [2.45, 2.75) is 26.2 Å². The topological polar surface area (TPSA) is 69.0 Å². The fourth-order valence-electron chi connectivity index (χ4n) is 3.76. The number of methoxy groups -OCH3 is 1. The molecule has 0 amide bonds. The highest BCUT2D eigenvalue weighted by atomic mass is 79.9. The maximum atomic E-state index is 13.2. The number of ether oxygens (including phenoxy) is 2. The van der Waals surface area contributed by atoms with Gasteiger partial charge in [0.15, 0.2) is 0 Å².